The SMILES string of the molecule is CC(C)(C)OC(=O)N1CCC[C@@]1(C)CNC(=O)CCl. The molecule has 0 unspecified atom stereocenters. The standard InChI is InChI=1S/C13H23ClN2O3/c1-12(2,3)19-11(18)16-7-5-6-13(16,4)9-15-10(17)8-14/h5-9H2,1-4H3,(H,15,17)/t13-/m0/s1. The van der Waals surface area contributed by atoms with E-state index in [9.17, 15) is 9.59 Å². The van der Waals surface area contributed by atoms with E-state index in [2.05, 4.69) is 5.32 Å². The van der Waals surface area contributed by atoms with E-state index in [4.69, 9.17) is 16.3 Å². The number of halogens is 1. The molecular formula is C13H23ClN2O3. The first-order valence-electron chi connectivity index (χ1n) is 6.51. The molecule has 0 aliphatic carbocycles. The predicted molar refractivity (Wildman–Crippen MR) is 74.3 cm³/mol. The minimum Gasteiger partial charge on any atom is -0.444 e. The average Bonchev–Trinajstić information content (AvgIpc) is 2.66. The fraction of sp³-hybridized carbons (Fsp3) is 0.846. The van der Waals surface area contributed by atoms with Crippen LogP contribution in [0.5, 0.6) is 0 Å². The number of carbonyl (C=O) groups excluding carboxylic acids is 2. The van der Waals surface area contributed by atoms with Gasteiger partial charge in [0.2, 0.25) is 5.91 Å². The molecule has 0 aromatic rings. The van der Waals surface area contributed by atoms with E-state index in [1.165, 1.54) is 0 Å². The minimum absolute atomic E-state index is 0.0669. The second-order valence-corrected chi connectivity index (χ2v) is 6.41. The smallest absolute Gasteiger partial charge is 0.410 e. The van der Waals surface area contributed by atoms with Crippen LogP contribution >= 0.6 is 11.6 Å². The highest BCUT2D eigenvalue weighted by Gasteiger charge is 2.41. The molecule has 1 aliphatic heterocycles. The molecule has 2 amide bonds. The van der Waals surface area contributed by atoms with Gasteiger partial charge in [-0.2, -0.15) is 0 Å². The Bertz CT molecular complexity index is 354. The Labute approximate surface area is 119 Å². The Hall–Kier alpha value is -0.970. The Morgan fingerprint density at radius 1 is 1.42 bits per heavy atom. The summed E-state index contributed by atoms with van der Waals surface area (Å²) in [4.78, 5) is 25.1. The van der Waals surface area contributed by atoms with Crippen LogP contribution < -0.4 is 5.32 Å². The zero-order valence-corrected chi connectivity index (χ0v) is 12.8. The molecule has 6 heteroatoms. The molecule has 0 saturated carbocycles. The molecule has 1 N–H and O–H groups in total. The summed E-state index contributed by atoms with van der Waals surface area (Å²) in [6, 6.07) is 0. The minimum atomic E-state index is -0.514. The number of hydrogen-bond acceptors (Lipinski definition) is 3. The van der Waals surface area contributed by atoms with Crippen molar-refractivity contribution >= 4 is 23.6 Å². The second kappa shape index (κ2) is 5.99. The van der Waals surface area contributed by atoms with Crippen molar-refractivity contribution in [1.82, 2.24) is 10.2 Å². The van der Waals surface area contributed by atoms with Gasteiger partial charge < -0.3 is 15.0 Å². The molecule has 1 saturated heterocycles. The Morgan fingerprint density at radius 3 is 2.58 bits per heavy atom. The average molecular weight is 291 g/mol. The number of hydrogen-bond donors (Lipinski definition) is 1. The number of nitrogens with one attached hydrogen (secondary N) is 1. The highest BCUT2D eigenvalue weighted by molar-refractivity contribution is 6.27. The number of rotatable bonds is 3. The monoisotopic (exact) mass is 290 g/mol. The number of ether oxygens (including phenoxy) is 1. The third-order valence-electron chi connectivity index (χ3n) is 3.15. The summed E-state index contributed by atoms with van der Waals surface area (Å²) in [6.07, 6.45) is 1.43. The maximum absolute atomic E-state index is 12.2. The molecule has 1 atom stereocenters. The summed E-state index contributed by atoms with van der Waals surface area (Å²) in [7, 11) is 0. The zero-order chi connectivity index (χ0) is 14.7. The second-order valence-electron chi connectivity index (χ2n) is 6.14. The lowest BCUT2D eigenvalue weighted by molar-refractivity contribution is -0.119. The molecule has 0 spiro atoms. The summed E-state index contributed by atoms with van der Waals surface area (Å²) < 4.78 is 5.40. The number of likely N-dealkylation sites (tertiary alicyclic amines) is 1. The van der Waals surface area contributed by atoms with Crippen LogP contribution in [0.2, 0.25) is 0 Å². The summed E-state index contributed by atoms with van der Waals surface area (Å²) in [6.45, 7) is 8.53. The predicted octanol–water partition coefficient (Wildman–Crippen LogP) is 2.13. The lowest BCUT2D eigenvalue weighted by atomic mass is 9.99. The lowest BCUT2D eigenvalue weighted by Gasteiger charge is -2.36. The van der Waals surface area contributed by atoms with Gasteiger partial charge in [0.05, 0.1) is 5.54 Å². The van der Waals surface area contributed by atoms with Crippen LogP contribution in [0.1, 0.15) is 40.5 Å². The van der Waals surface area contributed by atoms with Gasteiger partial charge in [0.25, 0.3) is 0 Å². The third-order valence-corrected chi connectivity index (χ3v) is 3.39. The van der Waals surface area contributed by atoms with Gasteiger partial charge in [-0.3, -0.25) is 4.79 Å². The van der Waals surface area contributed by atoms with E-state index in [1.807, 2.05) is 27.7 Å². The van der Waals surface area contributed by atoms with E-state index in [0.29, 0.717) is 13.1 Å². The summed E-state index contributed by atoms with van der Waals surface area (Å²) >= 11 is 5.45. The topological polar surface area (TPSA) is 58.6 Å². The van der Waals surface area contributed by atoms with Crippen molar-refractivity contribution in [2.24, 2.45) is 0 Å². The van der Waals surface area contributed by atoms with E-state index in [-0.39, 0.29) is 17.9 Å². The van der Waals surface area contributed by atoms with Gasteiger partial charge >= 0.3 is 6.09 Å². The number of alkyl halides is 1. The molecule has 1 fully saturated rings. The van der Waals surface area contributed by atoms with Crippen LogP contribution in [-0.2, 0) is 9.53 Å². The van der Waals surface area contributed by atoms with E-state index in [0.717, 1.165) is 12.8 Å². The molecule has 5 nitrogen and oxygen atoms in total. The van der Waals surface area contributed by atoms with Crippen molar-refractivity contribution in [2.45, 2.75) is 51.7 Å². The van der Waals surface area contributed by atoms with Crippen LogP contribution in [0.3, 0.4) is 0 Å². The first kappa shape index (κ1) is 16.1. The van der Waals surface area contributed by atoms with E-state index >= 15 is 0 Å². The first-order chi connectivity index (χ1) is 8.68. The molecule has 1 aliphatic rings. The van der Waals surface area contributed by atoms with Crippen molar-refractivity contribution in [3.63, 3.8) is 0 Å². The fourth-order valence-corrected chi connectivity index (χ4v) is 2.27. The maximum Gasteiger partial charge on any atom is 0.410 e. The van der Waals surface area contributed by atoms with Crippen molar-refractivity contribution in [1.29, 1.82) is 0 Å². The largest absolute Gasteiger partial charge is 0.444 e. The molecular weight excluding hydrogens is 268 g/mol. The highest BCUT2D eigenvalue weighted by atomic mass is 35.5. The Kier molecular flexibility index (Phi) is 5.07. The van der Waals surface area contributed by atoms with Gasteiger partial charge in [-0.05, 0) is 40.5 Å². The van der Waals surface area contributed by atoms with E-state index in [1.54, 1.807) is 4.90 Å². The van der Waals surface area contributed by atoms with Gasteiger partial charge in [-0.15, -0.1) is 11.6 Å². The zero-order valence-electron chi connectivity index (χ0n) is 12.1. The van der Waals surface area contributed by atoms with Crippen molar-refractivity contribution in [3.05, 3.63) is 0 Å². The number of amides is 2. The normalized spacial score (nSPS) is 23.3. The van der Waals surface area contributed by atoms with Gasteiger partial charge in [-0.1, -0.05) is 0 Å². The molecule has 1 heterocycles. The van der Waals surface area contributed by atoms with Crippen LogP contribution in [0.4, 0.5) is 4.79 Å². The van der Waals surface area contributed by atoms with Gasteiger partial charge in [0.1, 0.15) is 11.5 Å². The first-order valence-corrected chi connectivity index (χ1v) is 7.05. The van der Waals surface area contributed by atoms with Gasteiger partial charge in [0.15, 0.2) is 0 Å². The quantitative estimate of drug-likeness (QED) is 0.810. The van der Waals surface area contributed by atoms with Crippen LogP contribution in [-0.4, -0.2) is 47.0 Å². The molecule has 0 bridgehead atoms. The lowest BCUT2D eigenvalue weighted by Crippen LogP contribution is -2.53. The molecule has 0 aromatic carbocycles. The van der Waals surface area contributed by atoms with Crippen LogP contribution in [0.25, 0.3) is 0 Å². The van der Waals surface area contributed by atoms with Crippen molar-refractivity contribution in [2.75, 3.05) is 19.0 Å². The maximum atomic E-state index is 12.2. The molecule has 19 heavy (non-hydrogen) atoms. The summed E-state index contributed by atoms with van der Waals surface area (Å²) in [5.74, 6) is -0.290. The number of nitrogens with zero attached hydrogens (tertiary/aromatic N) is 1. The van der Waals surface area contributed by atoms with Crippen molar-refractivity contribution < 1.29 is 14.3 Å². The van der Waals surface area contributed by atoms with Gasteiger partial charge in [-0.25, -0.2) is 4.79 Å². The Morgan fingerprint density at radius 2 is 2.05 bits per heavy atom. The van der Waals surface area contributed by atoms with Crippen molar-refractivity contribution in [3.8, 4) is 0 Å². The molecule has 110 valence electrons. The summed E-state index contributed by atoms with van der Waals surface area (Å²) in [5.41, 5.74) is -0.913. The molecule has 1 rings (SSSR count). The van der Waals surface area contributed by atoms with Crippen LogP contribution in [0.15, 0.2) is 0 Å². The Balaban J connectivity index is 2.66. The molecule has 0 aromatic heterocycles. The van der Waals surface area contributed by atoms with Crippen LogP contribution in [0, 0.1) is 0 Å². The third kappa shape index (κ3) is 4.56. The van der Waals surface area contributed by atoms with Gasteiger partial charge in [0, 0.05) is 13.1 Å². The summed E-state index contributed by atoms with van der Waals surface area (Å²) in [5, 5.41) is 2.74. The molecule has 0 radical (unpaired) electrons. The number of carbonyl (C=O) groups is 2. The van der Waals surface area contributed by atoms with E-state index < -0.39 is 11.1 Å². The highest BCUT2D eigenvalue weighted by Crippen LogP contribution is 2.30. The fourth-order valence-electron chi connectivity index (χ4n) is 2.17.